The van der Waals surface area contributed by atoms with E-state index < -0.39 is 0 Å². The van der Waals surface area contributed by atoms with Crippen molar-refractivity contribution in [2.45, 2.75) is 68.2 Å². The molecule has 0 spiro atoms. The van der Waals surface area contributed by atoms with Crippen LogP contribution in [0.25, 0.3) is 0 Å². The normalized spacial score (nSPS) is 15.4. The Hall–Kier alpha value is -1.63. The van der Waals surface area contributed by atoms with E-state index in [0.29, 0.717) is 0 Å². The molecule has 0 fully saturated rings. The van der Waals surface area contributed by atoms with E-state index in [1.807, 2.05) is 13.8 Å². The van der Waals surface area contributed by atoms with Crippen LogP contribution in [0.5, 0.6) is 0 Å². The molecule has 0 radical (unpaired) electrons. The van der Waals surface area contributed by atoms with E-state index in [-0.39, 0.29) is 5.78 Å². The fourth-order valence-corrected chi connectivity index (χ4v) is 3.80. The minimum absolute atomic E-state index is 0.224. The number of hydrogen-bond donors (Lipinski definition) is 0. The number of allylic oxidation sites excluding steroid dienone is 4. The van der Waals surface area contributed by atoms with Crippen molar-refractivity contribution in [3.63, 3.8) is 0 Å². The zero-order valence-corrected chi connectivity index (χ0v) is 15.3. The van der Waals surface area contributed by atoms with Crippen LogP contribution in [0, 0.1) is 27.7 Å². The first-order valence-electron chi connectivity index (χ1n) is 8.22. The van der Waals surface area contributed by atoms with Crippen LogP contribution >= 0.6 is 0 Å². The fraction of sp³-hybridized carbons (Fsp3) is 0.476. The number of benzene rings is 1. The second kappa shape index (κ2) is 5.87. The third-order valence-corrected chi connectivity index (χ3v) is 5.79. The summed E-state index contributed by atoms with van der Waals surface area (Å²) < 4.78 is 0. The van der Waals surface area contributed by atoms with Crippen LogP contribution in [-0.4, -0.2) is 5.78 Å². The smallest absolute Gasteiger partial charge is 0.184 e. The van der Waals surface area contributed by atoms with Crippen molar-refractivity contribution in [3.8, 4) is 0 Å². The Morgan fingerprint density at radius 3 is 1.45 bits per heavy atom. The van der Waals surface area contributed by atoms with Crippen molar-refractivity contribution >= 4 is 5.78 Å². The number of hydrogen-bond acceptors (Lipinski definition) is 1. The fourth-order valence-electron chi connectivity index (χ4n) is 3.80. The third kappa shape index (κ3) is 2.37. The van der Waals surface area contributed by atoms with E-state index in [1.54, 1.807) is 0 Å². The number of carbonyl (C=O) groups is 1. The van der Waals surface area contributed by atoms with E-state index in [0.717, 1.165) is 24.0 Å². The van der Waals surface area contributed by atoms with Gasteiger partial charge in [0.1, 0.15) is 0 Å². The summed E-state index contributed by atoms with van der Waals surface area (Å²) in [5, 5.41) is 0. The highest BCUT2D eigenvalue weighted by molar-refractivity contribution is 6.12. The largest absolute Gasteiger partial charge is 0.289 e. The number of carbonyl (C=O) groups excluding carboxylic acids is 1. The second-order valence-corrected chi connectivity index (χ2v) is 6.67. The molecule has 0 aromatic heterocycles. The van der Waals surface area contributed by atoms with Gasteiger partial charge in [-0.05, 0) is 111 Å². The molecular weight excluding hydrogens is 268 g/mol. The number of ketones is 1. The number of rotatable bonds is 3. The van der Waals surface area contributed by atoms with Gasteiger partial charge in [0.15, 0.2) is 5.78 Å². The molecule has 2 rings (SSSR count). The SMILES string of the molecule is CCc1c(C)c(C)c(CC2=C(C)C(=O)C(C)=C2C)c(C)c1C. The molecule has 118 valence electrons. The lowest BCUT2D eigenvalue weighted by atomic mass is 9.84. The van der Waals surface area contributed by atoms with Crippen LogP contribution in [0.2, 0.25) is 0 Å². The van der Waals surface area contributed by atoms with Crippen LogP contribution in [0.3, 0.4) is 0 Å². The van der Waals surface area contributed by atoms with E-state index in [2.05, 4.69) is 41.5 Å². The predicted octanol–water partition coefficient (Wildman–Crippen LogP) is 5.26. The van der Waals surface area contributed by atoms with Crippen LogP contribution < -0.4 is 0 Å². The topological polar surface area (TPSA) is 17.1 Å². The van der Waals surface area contributed by atoms with Gasteiger partial charge in [0, 0.05) is 5.57 Å². The van der Waals surface area contributed by atoms with Crippen LogP contribution in [0.15, 0.2) is 22.3 Å². The van der Waals surface area contributed by atoms with Crippen molar-refractivity contribution in [3.05, 3.63) is 55.7 Å². The molecule has 1 heteroatoms. The molecule has 0 aliphatic heterocycles. The lowest BCUT2D eigenvalue weighted by molar-refractivity contribution is -0.112. The quantitative estimate of drug-likeness (QED) is 0.743. The highest BCUT2D eigenvalue weighted by atomic mass is 16.1. The summed E-state index contributed by atoms with van der Waals surface area (Å²) >= 11 is 0. The first kappa shape index (κ1) is 16.7. The molecule has 1 aromatic rings. The van der Waals surface area contributed by atoms with Crippen LogP contribution in [0.1, 0.15) is 61.1 Å². The molecule has 0 unspecified atom stereocenters. The Morgan fingerprint density at radius 2 is 1.09 bits per heavy atom. The summed E-state index contributed by atoms with van der Waals surface area (Å²) in [4.78, 5) is 12.2. The Labute approximate surface area is 135 Å². The van der Waals surface area contributed by atoms with E-state index >= 15 is 0 Å². The van der Waals surface area contributed by atoms with Gasteiger partial charge in [-0.1, -0.05) is 6.92 Å². The summed E-state index contributed by atoms with van der Waals surface area (Å²) in [5.41, 5.74) is 12.8. The van der Waals surface area contributed by atoms with Crippen molar-refractivity contribution in [1.29, 1.82) is 0 Å². The molecular formula is C21H28O. The zero-order chi connectivity index (χ0) is 16.8. The Bertz CT molecular complexity index is 698. The van der Waals surface area contributed by atoms with E-state index in [4.69, 9.17) is 0 Å². The van der Waals surface area contributed by atoms with Gasteiger partial charge in [-0.3, -0.25) is 4.79 Å². The molecule has 0 N–H and O–H groups in total. The lowest BCUT2D eigenvalue weighted by Gasteiger charge is -2.21. The Morgan fingerprint density at radius 1 is 0.636 bits per heavy atom. The third-order valence-electron chi connectivity index (χ3n) is 5.79. The highest BCUT2D eigenvalue weighted by Gasteiger charge is 2.25. The number of Topliss-reactive ketones (excluding diaryl/α,β-unsaturated/α-hetero) is 1. The van der Waals surface area contributed by atoms with Gasteiger partial charge in [0.25, 0.3) is 0 Å². The van der Waals surface area contributed by atoms with Crippen molar-refractivity contribution in [1.82, 2.24) is 0 Å². The molecule has 0 atom stereocenters. The van der Waals surface area contributed by atoms with Gasteiger partial charge >= 0.3 is 0 Å². The van der Waals surface area contributed by atoms with Crippen LogP contribution in [-0.2, 0) is 17.6 Å². The van der Waals surface area contributed by atoms with Gasteiger partial charge < -0.3 is 0 Å². The van der Waals surface area contributed by atoms with Gasteiger partial charge in [-0.15, -0.1) is 0 Å². The lowest BCUT2D eigenvalue weighted by Crippen LogP contribution is -2.06. The first-order valence-corrected chi connectivity index (χ1v) is 8.22. The molecule has 0 saturated carbocycles. The molecule has 1 aliphatic carbocycles. The minimum Gasteiger partial charge on any atom is -0.289 e. The summed E-state index contributed by atoms with van der Waals surface area (Å²) in [5.74, 6) is 0.224. The molecule has 22 heavy (non-hydrogen) atoms. The average molecular weight is 296 g/mol. The van der Waals surface area contributed by atoms with Gasteiger partial charge in [-0.25, -0.2) is 0 Å². The minimum atomic E-state index is 0.224. The van der Waals surface area contributed by atoms with Gasteiger partial charge in [-0.2, -0.15) is 0 Å². The van der Waals surface area contributed by atoms with E-state index in [1.165, 1.54) is 44.5 Å². The second-order valence-electron chi connectivity index (χ2n) is 6.67. The molecule has 0 amide bonds. The molecule has 1 nitrogen and oxygen atoms in total. The predicted molar refractivity (Wildman–Crippen MR) is 94.6 cm³/mol. The molecule has 1 aliphatic rings. The van der Waals surface area contributed by atoms with Crippen molar-refractivity contribution in [2.75, 3.05) is 0 Å². The summed E-state index contributed by atoms with van der Waals surface area (Å²) in [6.45, 7) is 17.2. The highest BCUT2D eigenvalue weighted by Crippen LogP contribution is 2.35. The maximum atomic E-state index is 12.2. The standard InChI is InChI=1S/C21H28O/c1-9-18-11(2)13(4)19(14(5)12(18)3)10-20-15(6)16(7)21(22)17(20)8/h9-10H2,1-8H3. The van der Waals surface area contributed by atoms with Crippen molar-refractivity contribution in [2.24, 2.45) is 0 Å². The Kier molecular flexibility index (Phi) is 4.47. The maximum Gasteiger partial charge on any atom is 0.184 e. The summed E-state index contributed by atoms with van der Waals surface area (Å²) in [7, 11) is 0. The molecule has 0 bridgehead atoms. The molecule has 0 heterocycles. The van der Waals surface area contributed by atoms with Gasteiger partial charge in [0.05, 0.1) is 0 Å². The summed E-state index contributed by atoms with van der Waals surface area (Å²) in [6, 6.07) is 0. The van der Waals surface area contributed by atoms with Crippen molar-refractivity contribution < 1.29 is 4.79 Å². The average Bonchev–Trinajstić information content (AvgIpc) is 2.67. The zero-order valence-electron chi connectivity index (χ0n) is 15.3. The molecule has 1 aromatic carbocycles. The van der Waals surface area contributed by atoms with Gasteiger partial charge in [0.2, 0.25) is 0 Å². The monoisotopic (exact) mass is 296 g/mol. The maximum absolute atomic E-state index is 12.2. The first-order chi connectivity index (χ1) is 10.2. The Balaban J connectivity index is 2.60. The van der Waals surface area contributed by atoms with E-state index in [9.17, 15) is 4.79 Å². The summed E-state index contributed by atoms with van der Waals surface area (Å²) in [6.07, 6.45) is 1.96. The van der Waals surface area contributed by atoms with Crippen LogP contribution in [0.4, 0.5) is 0 Å². The molecule has 0 saturated heterocycles.